The molecule has 5 aromatic rings. The number of thiophene rings is 1. The number of aromatic nitrogens is 6. The average Bonchev–Trinajstić information content (AvgIpc) is 3.51. The van der Waals surface area contributed by atoms with Crippen LogP contribution in [0.15, 0.2) is 60.4 Å². The van der Waals surface area contributed by atoms with Crippen LogP contribution >= 0.6 is 22.9 Å². The molecule has 0 aliphatic carbocycles. The number of aliphatic imine (C=N–C) groups is 1. The molecule has 0 radical (unpaired) electrons. The third kappa shape index (κ3) is 3.45. The van der Waals surface area contributed by atoms with Crippen LogP contribution in [0.1, 0.15) is 12.6 Å². The largest absolute Gasteiger partial charge is 0.335 e. The molecule has 0 saturated heterocycles. The van der Waals surface area contributed by atoms with Crippen molar-refractivity contribution >= 4 is 56.9 Å². The zero-order valence-electron chi connectivity index (χ0n) is 16.4. The highest BCUT2D eigenvalue weighted by molar-refractivity contribution is 7.19. The van der Waals surface area contributed by atoms with Crippen LogP contribution in [0.25, 0.3) is 49.7 Å². The van der Waals surface area contributed by atoms with Crippen molar-refractivity contribution in [2.24, 2.45) is 4.99 Å². The molecule has 5 aromatic heterocycles. The molecule has 9 heteroatoms. The summed E-state index contributed by atoms with van der Waals surface area (Å²) in [6, 6.07) is 9.69. The number of H-pyrrole nitrogens is 2. The monoisotopic (exact) mass is 445 g/mol. The second-order valence-electron chi connectivity index (χ2n) is 6.62. The van der Waals surface area contributed by atoms with Crippen molar-refractivity contribution in [1.82, 2.24) is 30.1 Å². The molecule has 5 rings (SSSR count). The summed E-state index contributed by atoms with van der Waals surface area (Å²) < 4.78 is 0.731. The van der Waals surface area contributed by atoms with E-state index in [-0.39, 0.29) is 0 Å². The molecule has 2 N–H and O–H groups in total. The Morgan fingerprint density at radius 2 is 2.10 bits per heavy atom. The van der Waals surface area contributed by atoms with Gasteiger partial charge >= 0.3 is 0 Å². The van der Waals surface area contributed by atoms with Crippen molar-refractivity contribution in [3.05, 3.63) is 65.4 Å². The maximum atomic E-state index is 6.13. The van der Waals surface area contributed by atoms with Crippen molar-refractivity contribution < 1.29 is 0 Å². The fourth-order valence-electron chi connectivity index (χ4n) is 3.33. The number of allylic oxidation sites excluding steroid dienone is 2. The van der Waals surface area contributed by atoms with E-state index in [2.05, 4.69) is 36.7 Å². The van der Waals surface area contributed by atoms with Crippen LogP contribution in [0.3, 0.4) is 0 Å². The Balaban J connectivity index is 1.65. The summed E-state index contributed by atoms with van der Waals surface area (Å²) in [5, 5.41) is 7.49. The molecule has 31 heavy (non-hydrogen) atoms. The molecular formula is C22H16ClN7S. The average molecular weight is 446 g/mol. The van der Waals surface area contributed by atoms with Gasteiger partial charge in [0.05, 0.1) is 21.1 Å². The van der Waals surface area contributed by atoms with Crippen molar-refractivity contribution in [1.29, 1.82) is 0 Å². The predicted molar refractivity (Wildman–Crippen MR) is 127 cm³/mol. The molecule has 7 nitrogen and oxygen atoms in total. The number of pyridine rings is 2. The number of halogens is 1. The standard InChI is InChI=1S/C22H16ClN7S/c1-3-12(11-24-4-2)14-5-6-15-19(26-14)20(30-29-15)22-27-18-13(9-10-25-21(18)28-22)16-7-8-17(23)31-16/h3-11H,2H2,1H3,(H,29,30)(H,25,27,28)/b12-3+,24-11?. The molecule has 0 atom stereocenters. The van der Waals surface area contributed by atoms with E-state index in [1.165, 1.54) is 17.5 Å². The normalized spacial score (nSPS) is 12.4. The van der Waals surface area contributed by atoms with Crippen molar-refractivity contribution in [3.8, 4) is 22.0 Å². The summed E-state index contributed by atoms with van der Waals surface area (Å²) in [6.07, 6.45) is 6.91. The van der Waals surface area contributed by atoms with Gasteiger partial charge in [0.2, 0.25) is 0 Å². The molecule has 0 amide bonds. The number of nitrogens with one attached hydrogen (secondary N) is 2. The van der Waals surface area contributed by atoms with Gasteiger partial charge in [0, 0.05) is 34.6 Å². The molecule has 0 aliphatic rings. The number of nitrogens with zero attached hydrogens (tertiary/aromatic N) is 5. The van der Waals surface area contributed by atoms with Gasteiger partial charge in [-0.3, -0.25) is 10.1 Å². The summed E-state index contributed by atoms with van der Waals surface area (Å²) in [6.45, 7) is 5.56. The number of rotatable bonds is 5. The van der Waals surface area contributed by atoms with Crippen LogP contribution in [0.2, 0.25) is 4.34 Å². The number of aromatic amines is 2. The Morgan fingerprint density at radius 3 is 2.87 bits per heavy atom. The summed E-state index contributed by atoms with van der Waals surface area (Å²) in [7, 11) is 0. The minimum Gasteiger partial charge on any atom is -0.335 e. The van der Waals surface area contributed by atoms with Gasteiger partial charge in [-0.05, 0) is 37.3 Å². The molecule has 5 heterocycles. The lowest BCUT2D eigenvalue weighted by Crippen LogP contribution is -1.92. The first-order valence-electron chi connectivity index (χ1n) is 9.44. The SMILES string of the molecule is C=CN=C/C(=C\C)c1ccc2[nH]nc(-c3nc4nccc(-c5ccc(Cl)s5)c4[nH]3)c2n1. The van der Waals surface area contributed by atoms with Crippen molar-refractivity contribution in [2.45, 2.75) is 6.92 Å². The highest BCUT2D eigenvalue weighted by atomic mass is 35.5. The second kappa shape index (κ2) is 7.90. The number of fused-ring (bicyclic) bond motifs is 2. The topological polar surface area (TPSA) is 95.5 Å². The van der Waals surface area contributed by atoms with Crippen LogP contribution in [-0.2, 0) is 0 Å². The van der Waals surface area contributed by atoms with E-state index in [0.717, 1.165) is 37.1 Å². The van der Waals surface area contributed by atoms with E-state index >= 15 is 0 Å². The Morgan fingerprint density at radius 1 is 1.19 bits per heavy atom. The lowest BCUT2D eigenvalue weighted by molar-refractivity contribution is 1.10. The first-order valence-corrected chi connectivity index (χ1v) is 10.6. The van der Waals surface area contributed by atoms with Gasteiger partial charge in [0.25, 0.3) is 0 Å². The van der Waals surface area contributed by atoms with Gasteiger partial charge in [-0.15, -0.1) is 11.3 Å². The minimum atomic E-state index is 0.593. The second-order valence-corrected chi connectivity index (χ2v) is 8.33. The Bertz CT molecular complexity index is 1490. The predicted octanol–water partition coefficient (Wildman–Crippen LogP) is 5.90. The van der Waals surface area contributed by atoms with E-state index in [9.17, 15) is 0 Å². The third-order valence-corrected chi connectivity index (χ3v) is 6.05. The van der Waals surface area contributed by atoms with Gasteiger partial charge in [-0.1, -0.05) is 24.3 Å². The first-order chi connectivity index (χ1) is 15.2. The Hall–Kier alpha value is -3.62. The quantitative estimate of drug-likeness (QED) is 0.329. The van der Waals surface area contributed by atoms with E-state index < -0.39 is 0 Å². The Labute approximate surface area is 186 Å². The maximum Gasteiger partial charge on any atom is 0.178 e. The van der Waals surface area contributed by atoms with E-state index in [1.807, 2.05) is 43.3 Å². The van der Waals surface area contributed by atoms with Gasteiger partial charge < -0.3 is 4.98 Å². The zero-order chi connectivity index (χ0) is 21.4. The molecule has 0 aliphatic heterocycles. The zero-order valence-corrected chi connectivity index (χ0v) is 18.0. The van der Waals surface area contributed by atoms with Crippen LogP contribution in [0, 0.1) is 0 Å². The molecular weight excluding hydrogens is 430 g/mol. The van der Waals surface area contributed by atoms with Gasteiger partial charge in [0.15, 0.2) is 17.2 Å². The van der Waals surface area contributed by atoms with Crippen LogP contribution < -0.4 is 0 Å². The fourth-order valence-corrected chi connectivity index (χ4v) is 4.41. The van der Waals surface area contributed by atoms with Crippen LogP contribution in [-0.4, -0.2) is 36.3 Å². The van der Waals surface area contributed by atoms with Crippen molar-refractivity contribution in [2.75, 3.05) is 0 Å². The van der Waals surface area contributed by atoms with Crippen molar-refractivity contribution in [3.63, 3.8) is 0 Å². The fraction of sp³-hybridized carbons (Fsp3) is 0.0455. The molecule has 0 bridgehead atoms. The van der Waals surface area contributed by atoms with Gasteiger partial charge in [-0.2, -0.15) is 5.10 Å². The highest BCUT2D eigenvalue weighted by Gasteiger charge is 2.17. The molecule has 0 spiro atoms. The summed E-state index contributed by atoms with van der Waals surface area (Å²) >= 11 is 7.64. The number of imidazole rings is 1. The summed E-state index contributed by atoms with van der Waals surface area (Å²) in [4.78, 5) is 22.4. The summed E-state index contributed by atoms with van der Waals surface area (Å²) in [5.41, 5.74) is 6.25. The molecule has 0 saturated carbocycles. The molecule has 0 fully saturated rings. The third-order valence-electron chi connectivity index (χ3n) is 4.79. The summed E-state index contributed by atoms with van der Waals surface area (Å²) in [5.74, 6) is 0.593. The smallest absolute Gasteiger partial charge is 0.178 e. The van der Waals surface area contributed by atoms with E-state index in [4.69, 9.17) is 16.6 Å². The van der Waals surface area contributed by atoms with Crippen LogP contribution in [0.5, 0.6) is 0 Å². The molecule has 0 aromatic carbocycles. The number of hydrogen-bond donors (Lipinski definition) is 2. The Kier molecular flexibility index (Phi) is 4.93. The van der Waals surface area contributed by atoms with Gasteiger partial charge in [-0.25, -0.2) is 15.0 Å². The van der Waals surface area contributed by atoms with E-state index in [0.29, 0.717) is 22.7 Å². The molecule has 0 unspecified atom stereocenters. The van der Waals surface area contributed by atoms with E-state index in [1.54, 1.807) is 12.4 Å². The maximum absolute atomic E-state index is 6.13. The molecule has 152 valence electrons. The minimum absolute atomic E-state index is 0.593. The number of hydrogen-bond acceptors (Lipinski definition) is 6. The first kappa shape index (κ1) is 19.3. The lowest BCUT2D eigenvalue weighted by Gasteiger charge is -2.01. The lowest BCUT2D eigenvalue weighted by atomic mass is 10.1. The van der Waals surface area contributed by atoms with Gasteiger partial charge in [0.1, 0.15) is 5.52 Å². The van der Waals surface area contributed by atoms with Crippen LogP contribution in [0.4, 0.5) is 0 Å². The highest BCUT2D eigenvalue weighted by Crippen LogP contribution is 2.35.